The van der Waals surface area contributed by atoms with Gasteiger partial charge in [0.05, 0.1) is 19.7 Å². The van der Waals surface area contributed by atoms with Gasteiger partial charge in [-0.3, -0.25) is 9.69 Å². The van der Waals surface area contributed by atoms with Gasteiger partial charge in [-0.1, -0.05) is 0 Å². The smallest absolute Gasteiger partial charge is 0.414 e. The fourth-order valence-corrected chi connectivity index (χ4v) is 2.94. The van der Waals surface area contributed by atoms with E-state index in [4.69, 9.17) is 9.47 Å². The molecule has 1 aromatic carbocycles. The Morgan fingerprint density at radius 1 is 1.21 bits per heavy atom. The fraction of sp³-hybridized carbons (Fsp3) is 0.529. The molecular formula is C17H23N3O4. The number of carbonyl (C=O) groups excluding carboxylic acids is 2. The molecule has 2 aliphatic heterocycles. The molecule has 1 atom stereocenters. The van der Waals surface area contributed by atoms with Crippen LogP contribution in [-0.4, -0.2) is 57.5 Å². The van der Waals surface area contributed by atoms with E-state index >= 15 is 0 Å². The van der Waals surface area contributed by atoms with Gasteiger partial charge in [-0.2, -0.15) is 0 Å². The second-order valence-electron chi connectivity index (χ2n) is 6.02. The highest BCUT2D eigenvalue weighted by atomic mass is 16.6. The summed E-state index contributed by atoms with van der Waals surface area (Å²) in [5, 5.41) is 2.68. The van der Waals surface area contributed by atoms with Crippen LogP contribution in [0, 0.1) is 0 Å². The zero-order valence-corrected chi connectivity index (χ0v) is 13.9. The van der Waals surface area contributed by atoms with Crippen molar-refractivity contribution in [3.05, 3.63) is 24.3 Å². The van der Waals surface area contributed by atoms with Gasteiger partial charge in [0.2, 0.25) is 5.91 Å². The van der Waals surface area contributed by atoms with E-state index in [9.17, 15) is 9.59 Å². The number of nitrogens with one attached hydrogen (secondary N) is 1. The Morgan fingerprint density at radius 2 is 1.96 bits per heavy atom. The summed E-state index contributed by atoms with van der Waals surface area (Å²) in [4.78, 5) is 26.9. The number of amides is 2. The standard InChI is InChI=1S/C17H23N3O4/c1-13(21)18-11-16-12-20(17(22)24-16)15-5-3-14(4-6-15)19-7-2-9-23-10-8-19/h3-6,16H,2,7-12H2,1H3,(H,18,21)/t16-/m0/s1. The lowest BCUT2D eigenvalue weighted by Gasteiger charge is -2.23. The van der Waals surface area contributed by atoms with Crippen molar-refractivity contribution in [2.45, 2.75) is 19.4 Å². The van der Waals surface area contributed by atoms with Gasteiger partial charge in [0.25, 0.3) is 0 Å². The molecule has 2 fully saturated rings. The summed E-state index contributed by atoms with van der Waals surface area (Å²) >= 11 is 0. The molecule has 0 spiro atoms. The molecule has 2 heterocycles. The van der Waals surface area contributed by atoms with E-state index < -0.39 is 0 Å². The molecule has 0 bridgehead atoms. The lowest BCUT2D eigenvalue weighted by molar-refractivity contribution is -0.119. The highest BCUT2D eigenvalue weighted by Crippen LogP contribution is 2.25. The van der Waals surface area contributed by atoms with Gasteiger partial charge < -0.3 is 19.7 Å². The van der Waals surface area contributed by atoms with Crippen LogP contribution in [-0.2, 0) is 14.3 Å². The van der Waals surface area contributed by atoms with Crippen LogP contribution in [0.1, 0.15) is 13.3 Å². The Kier molecular flexibility index (Phi) is 5.20. The molecular weight excluding hydrogens is 310 g/mol. The zero-order valence-electron chi connectivity index (χ0n) is 13.9. The second-order valence-corrected chi connectivity index (χ2v) is 6.02. The third-order valence-corrected chi connectivity index (χ3v) is 4.20. The molecule has 1 aromatic rings. The molecule has 0 aliphatic carbocycles. The van der Waals surface area contributed by atoms with Gasteiger partial charge >= 0.3 is 6.09 Å². The van der Waals surface area contributed by atoms with Crippen molar-refractivity contribution in [1.29, 1.82) is 0 Å². The molecule has 3 rings (SSSR count). The quantitative estimate of drug-likeness (QED) is 0.901. The summed E-state index contributed by atoms with van der Waals surface area (Å²) in [5.74, 6) is -0.129. The van der Waals surface area contributed by atoms with Crippen LogP contribution in [0.2, 0.25) is 0 Å². The Balaban J connectivity index is 1.62. The fourth-order valence-electron chi connectivity index (χ4n) is 2.94. The number of benzene rings is 1. The van der Waals surface area contributed by atoms with Gasteiger partial charge in [-0.25, -0.2) is 4.79 Å². The van der Waals surface area contributed by atoms with Crippen molar-refractivity contribution in [2.75, 3.05) is 49.2 Å². The average Bonchev–Trinajstić information content (AvgIpc) is 2.77. The Labute approximate surface area is 141 Å². The molecule has 0 radical (unpaired) electrons. The predicted molar refractivity (Wildman–Crippen MR) is 90.4 cm³/mol. The van der Waals surface area contributed by atoms with Crippen molar-refractivity contribution in [3.63, 3.8) is 0 Å². The lowest BCUT2D eigenvalue weighted by Crippen LogP contribution is -2.33. The topological polar surface area (TPSA) is 71.1 Å². The average molecular weight is 333 g/mol. The molecule has 7 nitrogen and oxygen atoms in total. The molecule has 24 heavy (non-hydrogen) atoms. The number of ether oxygens (including phenoxy) is 2. The normalized spacial score (nSPS) is 21.4. The minimum absolute atomic E-state index is 0.129. The minimum atomic E-state index is -0.374. The highest BCUT2D eigenvalue weighted by molar-refractivity contribution is 5.90. The molecule has 2 aliphatic rings. The third-order valence-electron chi connectivity index (χ3n) is 4.20. The first-order chi connectivity index (χ1) is 11.6. The van der Waals surface area contributed by atoms with E-state index in [2.05, 4.69) is 10.2 Å². The SMILES string of the molecule is CC(=O)NC[C@H]1CN(c2ccc(N3CCCOCC3)cc2)C(=O)O1. The molecule has 0 aromatic heterocycles. The molecule has 130 valence electrons. The maximum Gasteiger partial charge on any atom is 0.414 e. The second kappa shape index (κ2) is 7.53. The predicted octanol–water partition coefficient (Wildman–Crippen LogP) is 1.37. The van der Waals surface area contributed by atoms with Gasteiger partial charge in [0, 0.05) is 38.0 Å². The van der Waals surface area contributed by atoms with Crippen LogP contribution in [0.3, 0.4) is 0 Å². The summed E-state index contributed by atoms with van der Waals surface area (Å²) in [6.07, 6.45) is 0.329. The molecule has 0 unspecified atom stereocenters. The van der Waals surface area contributed by atoms with Crippen LogP contribution in [0.4, 0.5) is 16.2 Å². The molecule has 1 N–H and O–H groups in total. The number of carbonyl (C=O) groups is 2. The van der Waals surface area contributed by atoms with E-state index in [0.717, 1.165) is 44.1 Å². The van der Waals surface area contributed by atoms with Crippen molar-refractivity contribution >= 4 is 23.4 Å². The van der Waals surface area contributed by atoms with Crippen molar-refractivity contribution in [3.8, 4) is 0 Å². The van der Waals surface area contributed by atoms with Crippen LogP contribution in [0.25, 0.3) is 0 Å². The van der Waals surface area contributed by atoms with E-state index in [0.29, 0.717) is 13.1 Å². The van der Waals surface area contributed by atoms with Crippen LogP contribution in [0.15, 0.2) is 24.3 Å². The van der Waals surface area contributed by atoms with Crippen molar-refractivity contribution in [1.82, 2.24) is 5.32 Å². The Hall–Kier alpha value is -2.28. The molecule has 2 amide bonds. The number of cyclic esters (lactones) is 1. The number of anilines is 2. The summed E-state index contributed by atoms with van der Waals surface area (Å²) < 4.78 is 10.8. The molecule has 2 saturated heterocycles. The minimum Gasteiger partial charge on any atom is -0.442 e. The third kappa shape index (κ3) is 3.97. The van der Waals surface area contributed by atoms with Gasteiger partial charge in [0.1, 0.15) is 6.10 Å². The van der Waals surface area contributed by atoms with E-state index in [-0.39, 0.29) is 18.1 Å². The summed E-state index contributed by atoms with van der Waals surface area (Å²) in [6, 6.07) is 7.91. The molecule has 0 saturated carbocycles. The van der Waals surface area contributed by atoms with Crippen molar-refractivity contribution < 1.29 is 19.1 Å². The summed E-state index contributed by atoms with van der Waals surface area (Å²) in [7, 11) is 0. The van der Waals surface area contributed by atoms with E-state index in [1.165, 1.54) is 6.92 Å². The van der Waals surface area contributed by atoms with Crippen LogP contribution < -0.4 is 15.1 Å². The number of hydrogen-bond acceptors (Lipinski definition) is 5. The molecule has 7 heteroatoms. The van der Waals surface area contributed by atoms with E-state index in [1.807, 2.05) is 24.3 Å². The largest absolute Gasteiger partial charge is 0.442 e. The van der Waals surface area contributed by atoms with Gasteiger partial charge in [0.15, 0.2) is 0 Å². The zero-order chi connectivity index (χ0) is 16.9. The Bertz CT molecular complexity index is 582. The first-order valence-corrected chi connectivity index (χ1v) is 8.29. The highest BCUT2D eigenvalue weighted by Gasteiger charge is 2.32. The number of rotatable bonds is 4. The van der Waals surface area contributed by atoms with Gasteiger partial charge in [-0.05, 0) is 30.7 Å². The number of nitrogens with zero attached hydrogens (tertiary/aromatic N) is 2. The maximum absolute atomic E-state index is 12.0. The maximum atomic E-state index is 12.0. The van der Waals surface area contributed by atoms with Crippen LogP contribution >= 0.6 is 0 Å². The lowest BCUT2D eigenvalue weighted by atomic mass is 10.2. The Morgan fingerprint density at radius 3 is 2.71 bits per heavy atom. The van der Waals surface area contributed by atoms with E-state index in [1.54, 1.807) is 4.90 Å². The number of hydrogen-bond donors (Lipinski definition) is 1. The van der Waals surface area contributed by atoms with Crippen LogP contribution in [0.5, 0.6) is 0 Å². The monoisotopic (exact) mass is 333 g/mol. The summed E-state index contributed by atoms with van der Waals surface area (Å²) in [6.45, 7) is 5.63. The van der Waals surface area contributed by atoms with Crippen molar-refractivity contribution in [2.24, 2.45) is 0 Å². The van der Waals surface area contributed by atoms with Gasteiger partial charge in [-0.15, -0.1) is 0 Å². The first-order valence-electron chi connectivity index (χ1n) is 8.29. The first kappa shape index (κ1) is 16.6. The summed E-state index contributed by atoms with van der Waals surface area (Å²) in [5.41, 5.74) is 1.94.